The topological polar surface area (TPSA) is 12.9 Å². The number of hydrogen-bond acceptors (Lipinski definition) is 1. The van der Waals surface area contributed by atoms with Crippen LogP contribution in [0.3, 0.4) is 0 Å². The molecule has 0 saturated heterocycles. The van der Waals surface area contributed by atoms with Crippen molar-refractivity contribution in [3.8, 4) is 0 Å². The molecule has 1 aromatic carbocycles. The van der Waals surface area contributed by atoms with Crippen LogP contribution in [0.25, 0.3) is 10.9 Å². The molecule has 0 N–H and O–H groups in total. The SMILES string of the molecule is CC(C)(C)c1cc2cccnc2cc1C(F)(F)F. The minimum atomic E-state index is -4.35. The van der Waals surface area contributed by atoms with E-state index in [1.807, 2.05) is 0 Å². The third-order valence-electron chi connectivity index (χ3n) is 2.86. The number of aromatic nitrogens is 1. The summed E-state index contributed by atoms with van der Waals surface area (Å²) >= 11 is 0. The summed E-state index contributed by atoms with van der Waals surface area (Å²) in [5, 5.41) is 0.732. The maximum absolute atomic E-state index is 13.1. The van der Waals surface area contributed by atoms with Crippen LogP contribution in [0.4, 0.5) is 13.2 Å². The number of fused-ring (bicyclic) bond motifs is 1. The van der Waals surface area contributed by atoms with E-state index < -0.39 is 17.2 Å². The van der Waals surface area contributed by atoms with Gasteiger partial charge >= 0.3 is 6.18 Å². The predicted molar refractivity (Wildman–Crippen MR) is 65.4 cm³/mol. The van der Waals surface area contributed by atoms with Gasteiger partial charge in [-0.3, -0.25) is 4.98 Å². The van der Waals surface area contributed by atoms with Gasteiger partial charge in [0.25, 0.3) is 0 Å². The van der Waals surface area contributed by atoms with E-state index in [1.165, 1.54) is 6.20 Å². The maximum atomic E-state index is 13.1. The van der Waals surface area contributed by atoms with Crippen molar-refractivity contribution in [1.82, 2.24) is 4.98 Å². The largest absolute Gasteiger partial charge is 0.416 e. The van der Waals surface area contributed by atoms with Gasteiger partial charge < -0.3 is 0 Å². The zero-order chi connectivity index (χ0) is 13.6. The Morgan fingerprint density at radius 3 is 2.22 bits per heavy atom. The first kappa shape index (κ1) is 12.9. The lowest BCUT2D eigenvalue weighted by Crippen LogP contribution is -2.19. The third kappa shape index (κ3) is 2.33. The summed E-state index contributed by atoms with van der Waals surface area (Å²) in [4.78, 5) is 3.98. The van der Waals surface area contributed by atoms with E-state index >= 15 is 0 Å². The Bertz CT molecular complexity index is 527. The van der Waals surface area contributed by atoms with Gasteiger partial charge in [0.1, 0.15) is 0 Å². The van der Waals surface area contributed by atoms with Crippen LogP contribution in [0.1, 0.15) is 31.9 Å². The normalized spacial score (nSPS) is 13.0. The molecule has 18 heavy (non-hydrogen) atoms. The van der Waals surface area contributed by atoms with Gasteiger partial charge in [-0.15, -0.1) is 0 Å². The number of pyridine rings is 1. The molecule has 0 aliphatic rings. The highest BCUT2D eigenvalue weighted by molar-refractivity contribution is 5.80. The van der Waals surface area contributed by atoms with Crippen molar-refractivity contribution >= 4 is 10.9 Å². The van der Waals surface area contributed by atoms with Gasteiger partial charge in [0.2, 0.25) is 0 Å². The van der Waals surface area contributed by atoms with Crippen molar-refractivity contribution in [2.24, 2.45) is 0 Å². The first-order valence-corrected chi connectivity index (χ1v) is 5.66. The van der Waals surface area contributed by atoms with E-state index in [4.69, 9.17) is 0 Å². The second kappa shape index (κ2) is 3.97. The summed E-state index contributed by atoms with van der Waals surface area (Å²) in [6, 6.07) is 6.22. The summed E-state index contributed by atoms with van der Waals surface area (Å²) in [5.74, 6) is 0. The highest BCUT2D eigenvalue weighted by Crippen LogP contribution is 2.39. The number of alkyl halides is 3. The Balaban J connectivity index is 2.81. The Morgan fingerprint density at radius 2 is 1.67 bits per heavy atom. The Kier molecular flexibility index (Phi) is 2.84. The summed E-state index contributed by atoms with van der Waals surface area (Å²) in [6.07, 6.45) is -2.85. The van der Waals surface area contributed by atoms with Crippen LogP contribution in [0.2, 0.25) is 0 Å². The molecule has 0 bridgehead atoms. The first-order chi connectivity index (χ1) is 8.19. The monoisotopic (exact) mass is 253 g/mol. The molecule has 0 aliphatic heterocycles. The molecule has 2 aromatic rings. The van der Waals surface area contributed by atoms with Gasteiger partial charge in [-0.2, -0.15) is 13.2 Å². The van der Waals surface area contributed by atoms with Crippen LogP contribution in [0.5, 0.6) is 0 Å². The fourth-order valence-electron chi connectivity index (χ4n) is 1.98. The molecule has 0 spiro atoms. The standard InChI is InChI=1S/C14H14F3N/c1-13(2,3)10-7-9-5-4-6-18-12(9)8-11(10)14(15,16)17/h4-8H,1-3H3. The van der Waals surface area contributed by atoms with E-state index in [2.05, 4.69) is 4.98 Å². The summed E-state index contributed by atoms with van der Waals surface area (Å²) < 4.78 is 39.2. The molecule has 0 aliphatic carbocycles. The van der Waals surface area contributed by atoms with E-state index in [0.29, 0.717) is 11.1 Å². The molecule has 96 valence electrons. The number of rotatable bonds is 0. The average Bonchev–Trinajstić information content (AvgIpc) is 2.25. The summed E-state index contributed by atoms with van der Waals surface area (Å²) in [5.41, 5.74) is -0.482. The van der Waals surface area contributed by atoms with Gasteiger partial charge in [-0.1, -0.05) is 26.8 Å². The van der Waals surface area contributed by atoms with Gasteiger partial charge in [-0.25, -0.2) is 0 Å². The van der Waals surface area contributed by atoms with Crippen LogP contribution in [-0.2, 0) is 11.6 Å². The van der Waals surface area contributed by atoms with Crippen molar-refractivity contribution in [2.45, 2.75) is 32.4 Å². The van der Waals surface area contributed by atoms with E-state index in [-0.39, 0.29) is 0 Å². The van der Waals surface area contributed by atoms with Crippen LogP contribution >= 0.6 is 0 Å². The highest BCUT2D eigenvalue weighted by atomic mass is 19.4. The first-order valence-electron chi connectivity index (χ1n) is 5.66. The number of nitrogens with zero attached hydrogens (tertiary/aromatic N) is 1. The smallest absolute Gasteiger partial charge is 0.256 e. The van der Waals surface area contributed by atoms with Crippen molar-refractivity contribution in [2.75, 3.05) is 0 Å². The maximum Gasteiger partial charge on any atom is 0.416 e. The lowest BCUT2D eigenvalue weighted by atomic mass is 9.82. The highest BCUT2D eigenvalue weighted by Gasteiger charge is 2.36. The van der Waals surface area contributed by atoms with Crippen LogP contribution < -0.4 is 0 Å². The van der Waals surface area contributed by atoms with Crippen LogP contribution in [0, 0.1) is 0 Å². The molecule has 0 radical (unpaired) electrons. The minimum Gasteiger partial charge on any atom is -0.256 e. The molecule has 2 rings (SSSR count). The second-order valence-corrected chi connectivity index (χ2v) is 5.34. The zero-order valence-electron chi connectivity index (χ0n) is 10.5. The van der Waals surface area contributed by atoms with Crippen molar-refractivity contribution in [1.29, 1.82) is 0 Å². The molecule has 0 fully saturated rings. The molecule has 0 unspecified atom stereocenters. The fourth-order valence-corrected chi connectivity index (χ4v) is 1.98. The fraction of sp³-hybridized carbons (Fsp3) is 0.357. The molecule has 0 saturated carbocycles. The molecular weight excluding hydrogens is 239 g/mol. The molecular formula is C14H14F3N. The minimum absolute atomic E-state index is 0.301. The summed E-state index contributed by atoms with van der Waals surface area (Å²) in [7, 11) is 0. The van der Waals surface area contributed by atoms with E-state index in [1.54, 1.807) is 39.0 Å². The number of halogens is 3. The number of hydrogen-bond donors (Lipinski definition) is 0. The second-order valence-electron chi connectivity index (χ2n) is 5.34. The van der Waals surface area contributed by atoms with Crippen molar-refractivity contribution < 1.29 is 13.2 Å². The zero-order valence-corrected chi connectivity index (χ0v) is 10.5. The van der Waals surface area contributed by atoms with Gasteiger partial charge in [-0.05, 0) is 29.2 Å². The molecule has 1 heterocycles. The molecule has 1 nitrogen and oxygen atoms in total. The quantitative estimate of drug-likeness (QED) is 0.671. The Labute approximate surface area is 104 Å². The Hall–Kier alpha value is -1.58. The summed E-state index contributed by atoms with van der Waals surface area (Å²) in [6.45, 7) is 5.33. The van der Waals surface area contributed by atoms with Crippen LogP contribution in [-0.4, -0.2) is 4.98 Å². The van der Waals surface area contributed by atoms with Gasteiger partial charge in [0.05, 0.1) is 11.1 Å². The van der Waals surface area contributed by atoms with E-state index in [9.17, 15) is 13.2 Å². The molecule has 1 aromatic heterocycles. The predicted octanol–water partition coefficient (Wildman–Crippen LogP) is 4.55. The van der Waals surface area contributed by atoms with E-state index in [0.717, 1.165) is 11.5 Å². The molecule has 0 amide bonds. The number of benzene rings is 1. The van der Waals surface area contributed by atoms with Gasteiger partial charge in [0, 0.05) is 11.6 Å². The average molecular weight is 253 g/mol. The molecule has 4 heteroatoms. The molecule has 0 atom stereocenters. The lowest BCUT2D eigenvalue weighted by Gasteiger charge is -2.24. The van der Waals surface area contributed by atoms with Crippen molar-refractivity contribution in [3.63, 3.8) is 0 Å². The van der Waals surface area contributed by atoms with Gasteiger partial charge in [0.15, 0.2) is 0 Å². The van der Waals surface area contributed by atoms with Crippen LogP contribution in [0.15, 0.2) is 30.5 Å². The Morgan fingerprint density at radius 1 is 1.00 bits per heavy atom. The lowest BCUT2D eigenvalue weighted by molar-refractivity contribution is -0.138. The third-order valence-corrected chi connectivity index (χ3v) is 2.86. The van der Waals surface area contributed by atoms with Crippen molar-refractivity contribution in [3.05, 3.63) is 41.6 Å².